The summed E-state index contributed by atoms with van der Waals surface area (Å²) >= 11 is 0. The highest BCUT2D eigenvalue weighted by Gasteiger charge is 2.23. The van der Waals surface area contributed by atoms with Crippen LogP contribution in [0.3, 0.4) is 0 Å². The Morgan fingerprint density at radius 3 is 1.90 bits per heavy atom. The Labute approximate surface area is 179 Å². The average Bonchev–Trinajstić information content (AvgIpc) is 2.80. The van der Waals surface area contributed by atoms with Crippen LogP contribution in [0.25, 0.3) is 11.1 Å². The molecular formula is C29H28O. The highest BCUT2D eigenvalue weighted by molar-refractivity contribution is 5.66. The summed E-state index contributed by atoms with van der Waals surface area (Å²) in [5.41, 5.74) is 6.89. The molecule has 1 nitrogen and oxygen atoms in total. The summed E-state index contributed by atoms with van der Waals surface area (Å²) < 4.78 is 0. The van der Waals surface area contributed by atoms with E-state index in [4.69, 9.17) is 0 Å². The SMILES string of the molecule is CC(C)(c1ccccc1)c1cccc(-c2cccc(C(O)Cc3ccccc3)c2)c1. The maximum absolute atomic E-state index is 10.8. The van der Waals surface area contributed by atoms with Gasteiger partial charge >= 0.3 is 0 Å². The molecule has 0 bridgehead atoms. The van der Waals surface area contributed by atoms with Crippen LogP contribution >= 0.6 is 0 Å². The third kappa shape index (κ3) is 4.37. The van der Waals surface area contributed by atoms with Gasteiger partial charge < -0.3 is 5.11 Å². The number of benzene rings is 4. The van der Waals surface area contributed by atoms with E-state index in [-0.39, 0.29) is 5.41 Å². The first-order chi connectivity index (χ1) is 14.5. The summed E-state index contributed by atoms with van der Waals surface area (Å²) in [6.07, 6.45) is 0.0991. The third-order valence-corrected chi connectivity index (χ3v) is 5.96. The van der Waals surface area contributed by atoms with E-state index in [0.29, 0.717) is 6.42 Å². The van der Waals surface area contributed by atoms with Gasteiger partial charge in [-0.15, -0.1) is 0 Å². The molecule has 150 valence electrons. The van der Waals surface area contributed by atoms with Gasteiger partial charge in [-0.2, -0.15) is 0 Å². The van der Waals surface area contributed by atoms with Crippen LogP contribution in [0, 0.1) is 0 Å². The first kappa shape index (κ1) is 20.1. The smallest absolute Gasteiger partial charge is 0.0830 e. The fourth-order valence-corrected chi connectivity index (χ4v) is 3.99. The van der Waals surface area contributed by atoms with E-state index in [1.165, 1.54) is 16.7 Å². The Bertz CT molecular complexity index is 1100. The Balaban J connectivity index is 1.62. The van der Waals surface area contributed by atoms with Gasteiger partial charge in [0, 0.05) is 11.8 Å². The molecule has 0 spiro atoms. The number of hydrogen-bond donors (Lipinski definition) is 1. The van der Waals surface area contributed by atoms with E-state index < -0.39 is 6.10 Å². The van der Waals surface area contributed by atoms with Crippen LogP contribution in [0.4, 0.5) is 0 Å². The predicted molar refractivity (Wildman–Crippen MR) is 126 cm³/mol. The fourth-order valence-electron chi connectivity index (χ4n) is 3.99. The van der Waals surface area contributed by atoms with Crippen LogP contribution in [0.5, 0.6) is 0 Å². The molecule has 1 heteroatoms. The van der Waals surface area contributed by atoms with Crippen molar-refractivity contribution in [2.24, 2.45) is 0 Å². The zero-order chi connectivity index (χ0) is 21.0. The highest BCUT2D eigenvalue weighted by atomic mass is 16.3. The van der Waals surface area contributed by atoms with Gasteiger partial charge in [0.25, 0.3) is 0 Å². The summed E-state index contributed by atoms with van der Waals surface area (Å²) in [7, 11) is 0. The summed E-state index contributed by atoms with van der Waals surface area (Å²) in [4.78, 5) is 0. The molecule has 0 radical (unpaired) electrons. The molecule has 0 aliphatic carbocycles. The van der Waals surface area contributed by atoms with Crippen molar-refractivity contribution in [1.29, 1.82) is 0 Å². The first-order valence-corrected chi connectivity index (χ1v) is 10.5. The van der Waals surface area contributed by atoms with Crippen molar-refractivity contribution in [2.45, 2.75) is 31.8 Å². The number of aliphatic hydroxyl groups excluding tert-OH is 1. The molecule has 4 aromatic rings. The van der Waals surface area contributed by atoms with Crippen molar-refractivity contribution in [2.75, 3.05) is 0 Å². The average molecular weight is 393 g/mol. The van der Waals surface area contributed by atoms with Crippen LogP contribution in [0.2, 0.25) is 0 Å². The van der Waals surface area contributed by atoms with Gasteiger partial charge in [0.05, 0.1) is 6.10 Å². The lowest BCUT2D eigenvalue weighted by Gasteiger charge is -2.26. The van der Waals surface area contributed by atoms with E-state index in [2.05, 4.69) is 92.7 Å². The van der Waals surface area contributed by atoms with Crippen LogP contribution in [-0.4, -0.2) is 5.11 Å². The van der Waals surface area contributed by atoms with Gasteiger partial charge in [-0.25, -0.2) is 0 Å². The molecule has 0 aliphatic heterocycles. The standard InChI is InChI=1S/C29H28O/c1-29(2,26-16-7-4-8-17-26)27-18-10-14-24(21-27)23-13-9-15-25(20-23)28(30)19-22-11-5-3-6-12-22/h3-18,20-21,28,30H,19H2,1-2H3. The summed E-state index contributed by atoms with van der Waals surface area (Å²) in [5, 5.41) is 10.8. The highest BCUT2D eigenvalue weighted by Crippen LogP contribution is 2.34. The second-order valence-electron chi connectivity index (χ2n) is 8.40. The van der Waals surface area contributed by atoms with E-state index in [9.17, 15) is 5.11 Å². The Hall–Kier alpha value is -3.16. The molecule has 0 saturated carbocycles. The van der Waals surface area contributed by atoms with E-state index in [1.807, 2.05) is 30.3 Å². The molecule has 0 aliphatic rings. The molecule has 0 heterocycles. The lowest BCUT2D eigenvalue weighted by molar-refractivity contribution is 0.178. The maximum atomic E-state index is 10.8. The monoisotopic (exact) mass is 392 g/mol. The van der Waals surface area contributed by atoms with Crippen LogP contribution in [0.1, 0.15) is 42.2 Å². The molecular weight excluding hydrogens is 364 g/mol. The minimum Gasteiger partial charge on any atom is -0.388 e. The molecule has 1 unspecified atom stereocenters. The van der Waals surface area contributed by atoms with E-state index >= 15 is 0 Å². The van der Waals surface area contributed by atoms with Crippen LogP contribution in [-0.2, 0) is 11.8 Å². The minimum absolute atomic E-state index is 0.0816. The zero-order valence-corrected chi connectivity index (χ0v) is 17.6. The van der Waals surface area contributed by atoms with Gasteiger partial charge in [-0.1, -0.05) is 117 Å². The van der Waals surface area contributed by atoms with Gasteiger partial charge in [0.2, 0.25) is 0 Å². The Morgan fingerprint density at radius 2 is 1.20 bits per heavy atom. The fraction of sp³-hybridized carbons (Fsp3) is 0.172. The molecule has 0 saturated heterocycles. The second kappa shape index (κ2) is 8.69. The van der Waals surface area contributed by atoms with Gasteiger partial charge in [-0.3, -0.25) is 0 Å². The predicted octanol–water partition coefficient (Wildman–Crippen LogP) is 6.96. The summed E-state index contributed by atoms with van der Waals surface area (Å²) in [6.45, 7) is 4.53. The van der Waals surface area contributed by atoms with Gasteiger partial charge in [0.15, 0.2) is 0 Å². The van der Waals surface area contributed by atoms with Crippen molar-refractivity contribution in [3.05, 3.63) is 131 Å². The summed E-state index contributed by atoms with van der Waals surface area (Å²) in [6, 6.07) is 37.8. The maximum Gasteiger partial charge on any atom is 0.0830 e. The van der Waals surface area contributed by atoms with Gasteiger partial charge in [-0.05, 0) is 39.4 Å². The Kier molecular flexibility index (Phi) is 5.83. The minimum atomic E-state index is -0.517. The summed E-state index contributed by atoms with van der Waals surface area (Å²) in [5.74, 6) is 0. The quantitative estimate of drug-likeness (QED) is 0.376. The van der Waals surface area contributed by atoms with Crippen molar-refractivity contribution in [1.82, 2.24) is 0 Å². The molecule has 4 rings (SSSR count). The first-order valence-electron chi connectivity index (χ1n) is 10.5. The molecule has 0 aromatic heterocycles. The van der Waals surface area contributed by atoms with Crippen molar-refractivity contribution < 1.29 is 5.11 Å². The Morgan fingerprint density at radius 1 is 0.633 bits per heavy atom. The topological polar surface area (TPSA) is 20.2 Å². The number of hydrogen-bond acceptors (Lipinski definition) is 1. The van der Waals surface area contributed by atoms with Crippen molar-refractivity contribution in [3.63, 3.8) is 0 Å². The van der Waals surface area contributed by atoms with Crippen molar-refractivity contribution >= 4 is 0 Å². The van der Waals surface area contributed by atoms with Gasteiger partial charge in [0.1, 0.15) is 0 Å². The zero-order valence-electron chi connectivity index (χ0n) is 17.6. The molecule has 0 amide bonds. The number of aliphatic hydroxyl groups is 1. The second-order valence-corrected chi connectivity index (χ2v) is 8.40. The molecule has 30 heavy (non-hydrogen) atoms. The molecule has 1 N–H and O–H groups in total. The molecule has 0 fully saturated rings. The van der Waals surface area contributed by atoms with E-state index in [1.54, 1.807) is 0 Å². The molecule has 1 atom stereocenters. The lowest BCUT2D eigenvalue weighted by atomic mass is 9.77. The van der Waals surface area contributed by atoms with Crippen LogP contribution < -0.4 is 0 Å². The third-order valence-electron chi connectivity index (χ3n) is 5.96. The number of rotatable bonds is 6. The van der Waals surface area contributed by atoms with Crippen LogP contribution in [0.15, 0.2) is 109 Å². The van der Waals surface area contributed by atoms with E-state index in [0.717, 1.165) is 16.7 Å². The molecule has 4 aromatic carbocycles. The lowest BCUT2D eigenvalue weighted by Crippen LogP contribution is -2.18. The van der Waals surface area contributed by atoms with Crippen molar-refractivity contribution in [3.8, 4) is 11.1 Å². The largest absolute Gasteiger partial charge is 0.388 e. The normalized spacial score (nSPS) is 12.5.